The Kier molecular flexibility index (Phi) is 5.93. The van der Waals surface area contributed by atoms with Crippen molar-refractivity contribution in [3.8, 4) is 11.5 Å². The molecule has 0 bridgehead atoms. The van der Waals surface area contributed by atoms with Crippen molar-refractivity contribution in [2.24, 2.45) is 0 Å². The van der Waals surface area contributed by atoms with Crippen molar-refractivity contribution < 1.29 is 19.1 Å². The minimum atomic E-state index is -0.111. The first-order chi connectivity index (χ1) is 16.1. The quantitative estimate of drug-likeness (QED) is 0.185. The average Bonchev–Trinajstić information content (AvgIpc) is 3.39. The van der Waals surface area contributed by atoms with E-state index in [1.807, 2.05) is 18.2 Å². The molecule has 0 atom stereocenters. The highest BCUT2D eigenvalue weighted by atomic mass is 32.2. The molecule has 7 heteroatoms. The van der Waals surface area contributed by atoms with Crippen molar-refractivity contribution in [3.63, 3.8) is 0 Å². The molecule has 0 saturated carbocycles. The summed E-state index contributed by atoms with van der Waals surface area (Å²) in [5.74, 6) is 1.28. The number of carbonyl (C=O) groups is 2. The summed E-state index contributed by atoms with van der Waals surface area (Å²) in [6.45, 7) is 0. The van der Waals surface area contributed by atoms with Crippen molar-refractivity contribution in [2.45, 2.75) is 4.21 Å². The fourth-order valence-electron chi connectivity index (χ4n) is 3.60. The molecular weight excluding hydrogens is 472 g/mol. The van der Waals surface area contributed by atoms with Crippen LogP contribution in [-0.2, 0) is 0 Å². The summed E-state index contributed by atoms with van der Waals surface area (Å²) in [7, 11) is 3.18. The highest BCUT2D eigenvalue weighted by Gasteiger charge is 2.26. The maximum Gasteiger partial charge on any atom is 0.224 e. The van der Waals surface area contributed by atoms with Crippen LogP contribution in [0.3, 0.4) is 0 Å². The second-order valence-corrected chi connectivity index (χ2v) is 10.8. The third kappa shape index (κ3) is 4.04. The summed E-state index contributed by atoms with van der Waals surface area (Å²) in [4.78, 5) is 26.8. The second kappa shape index (κ2) is 9.02. The smallest absolute Gasteiger partial charge is 0.224 e. The van der Waals surface area contributed by atoms with Gasteiger partial charge in [-0.25, -0.2) is 0 Å². The Morgan fingerprint density at radius 3 is 2.00 bits per heavy atom. The predicted octanol–water partition coefficient (Wildman–Crippen LogP) is 7.30. The molecule has 0 radical (unpaired) electrons. The Balaban J connectivity index is 1.61. The fraction of sp³-hybridized carbons (Fsp3) is 0.0769. The maximum atomic E-state index is 13.7. The summed E-state index contributed by atoms with van der Waals surface area (Å²) in [5.41, 5.74) is 1.71. The molecule has 0 unspecified atom stereocenters. The molecule has 164 valence electrons. The number of methoxy groups -OCH3 is 2. The van der Waals surface area contributed by atoms with Gasteiger partial charge in [0, 0.05) is 26.6 Å². The number of thiophene rings is 2. The zero-order valence-corrected chi connectivity index (χ0v) is 20.2. The molecular formula is C26H18O4S3. The molecule has 0 aliphatic heterocycles. The van der Waals surface area contributed by atoms with Gasteiger partial charge in [0.05, 0.1) is 28.0 Å². The lowest BCUT2D eigenvalue weighted by Gasteiger charge is -2.06. The molecule has 4 nitrogen and oxygen atoms in total. The highest BCUT2D eigenvalue weighted by molar-refractivity contribution is 8.15. The van der Waals surface area contributed by atoms with Gasteiger partial charge in [-0.2, -0.15) is 0 Å². The van der Waals surface area contributed by atoms with Crippen molar-refractivity contribution in [2.75, 3.05) is 14.2 Å². The first kappa shape index (κ1) is 21.7. The van der Waals surface area contributed by atoms with Crippen LogP contribution in [0.2, 0.25) is 0 Å². The number of carbonyl (C=O) groups excluding carboxylic acids is 2. The van der Waals surface area contributed by atoms with Crippen molar-refractivity contribution in [1.82, 2.24) is 0 Å². The SMILES string of the molecule is COc1ccc(C(=O)Sc2sc3sc4ccccc4c3c2C(=O)c2ccc(OC)cc2)cc1. The van der Waals surface area contributed by atoms with Gasteiger partial charge >= 0.3 is 0 Å². The van der Waals surface area contributed by atoms with Crippen molar-refractivity contribution in [1.29, 1.82) is 0 Å². The number of thioether (sulfide) groups is 1. The van der Waals surface area contributed by atoms with Gasteiger partial charge in [-0.15, -0.1) is 22.7 Å². The lowest BCUT2D eigenvalue weighted by Crippen LogP contribution is -2.03. The third-order valence-electron chi connectivity index (χ3n) is 5.29. The number of ketones is 1. The van der Waals surface area contributed by atoms with E-state index in [4.69, 9.17) is 9.47 Å². The summed E-state index contributed by atoms with van der Waals surface area (Å²) in [6.07, 6.45) is 0. The number of fused-ring (bicyclic) bond motifs is 3. The minimum Gasteiger partial charge on any atom is -0.497 e. The molecule has 0 aliphatic rings. The average molecular weight is 491 g/mol. The first-order valence-corrected chi connectivity index (χ1v) is 12.5. The van der Waals surface area contributed by atoms with Crippen LogP contribution in [-0.4, -0.2) is 25.1 Å². The molecule has 0 aliphatic carbocycles. The van der Waals surface area contributed by atoms with E-state index >= 15 is 0 Å². The van der Waals surface area contributed by atoms with Gasteiger partial charge in [-0.1, -0.05) is 18.2 Å². The second-order valence-electron chi connectivity index (χ2n) is 7.20. The van der Waals surface area contributed by atoms with Gasteiger partial charge in [-0.05, 0) is 66.4 Å². The molecule has 3 aromatic carbocycles. The third-order valence-corrected chi connectivity index (χ3v) is 8.85. The van der Waals surface area contributed by atoms with Crippen LogP contribution in [0.15, 0.2) is 77.0 Å². The topological polar surface area (TPSA) is 52.6 Å². The molecule has 0 amide bonds. The Morgan fingerprint density at radius 2 is 1.36 bits per heavy atom. The monoisotopic (exact) mass is 490 g/mol. The Morgan fingerprint density at radius 1 is 0.758 bits per heavy atom. The summed E-state index contributed by atoms with van der Waals surface area (Å²) < 4.78 is 13.3. The van der Waals surface area contributed by atoms with Gasteiger partial charge in [0.15, 0.2) is 5.78 Å². The van der Waals surface area contributed by atoms with Gasteiger partial charge in [0.1, 0.15) is 11.5 Å². The normalized spacial score (nSPS) is 11.1. The van der Waals surface area contributed by atoms with Crippen LogP contribution in [0.5, 0.6) is 11.5 Å². The van der Waals surface area contributed by atoms with Gasteiger partial charge in [0.25, 0.3) is 0 Å². The number of ether oxygens (including phenoxy) is 2. The number of hydrogen-bond acceptors (Lipinski definition) is 7. The summed E-state index contributed by atoms with van der Waals surface area (Å²) >= 11 is 4.26. The van der Waals surface area contributed by atoms with E-state index in [2.05, 4.69) is 6.07 Å². The molecule has 2 heterocycles. The molecule has 0 saturated heterocycles. The molecule has 0 N–H and O–H groups in total. The number of benzene rings is 3. The summed E-state index contributed by atoms with van der Waals surface area (Å²) in [6, 6.07) is 22.1. The first-order valence-electron chi connectivity index (χ1n) is 10.1. The maximum absolute atomic E-state index is 13.7. The van der Waals surface area contributed by atoms with Gasteiger partial charge < -0.3 is 9.47 Å². The van der Waals surface area contributed by atoms with Crippen LogP contribution < -0.4 is 9.47 Å². The van der Waals surface area contributed by atoms with E-state index in [0.717, 1.165) is 31.2 Å². The van der Waals surface area contributed by atoms with E-state index < -0.39 is 0 Å². The van der Waals surface area contributed by atoms with E-state index in [1.165, 1.54) is 11.3 Å². The zero-order chi connectivity index (χ0) is 22.9. The van der Waals surface area contributed by atoms with Crippen LogP contribution in [0, 0.1) is 0 Å². The molecule has 2 aromatic heterocycles. The predicted molar refractivity (Wildman–Crippen MR) is 137 cm³/mol. The van der Waals surface area contributed by atoms with Crippen LogP contribution in [0.25, 0.3) is 19.5 Å². The van der Waals surface area contributed by atoms with E-state index in [-0.39, 0.29) is 10.9 Å². The number of rotatable bonds is 6. The molecule has 5 aromatic rings. The van der Waals surface area contributed by atoms with Crippen LogP contribution in [0.4, 0.5) is 0 Å². The minimum absolute atomic E-state index is 0.0995. The van der Waals surface area contributed by atoms with Crippen LogP contribution >= 0.6 is 34.4 Å². The molecule has 0 spiro atoms. The Hall–Kier alpha value is -3.13. The lowest BCUT2D eigenvalue weighted by molar-refractivity contribution is 0.103. The van der Waals surface area contributed by atoms with Crippen molar-refractivity contribution >= 4 is 64.8 Å². The summed E-state index contributed by atoms with van der Waals surface area (Å²) in [5, 5.41) is 1.85. The Labute approximate surface area is 202 Å². The fourth-order valence-corrected chi connectivity index (χ4v) is 7.53. The zero-order valence-electron chi connectivity index (χ0n) is 17.8. The lowest BCUT2D eigenvalue weighted by atomic mass is 10.0. The highest BCUT2D eigenvalue weighted by Crippen LogP contribution is 2.47. The van der Waals surface area contributed by atoms with Gasteiger partial charge in [-0.3, -0.25) is 9.59 Å². The largest absolute Gasteiger partial charge is 0.497 e. The Bertz CT molecular complexity index is 1480. The standard InChI is InChI=1S/C26H18O4S3/c1-29-17-11-7-15(8-12-17)23(27)22-21-19-5-3-4-6-20(19)31-25(21)33-26(22)32-24(28)16-9-13-18(30-2)14-10-16/h3-14H,1-2H3. The number of hydrogen-bond donors (Lipinski definition) is 0. The van der Waals surface area contributed by atoms with Crippen LogP contribution in [0.1, 0.15) is 26.3 Å². The molecule has 0 fully saturated rings. The molecule has 33 heavy (non-hydrogen) atoms. The van der Waals surface area contributed by atoms with E-state index in [9.17, 15) is 9.59 Å². The van der Waals surface area contributed by atoms with E-state index in [0.29, 0.717) is 32.4 Å². The van der Waals surface area contributed by atoms with Crippen molar-refractivity contribution in [3.05, 3.63) is 89.5 Å². The van der Waals surface area contributed by atoms with E-state index in [1.54, 1.807) is 74.1 Å². The van der Waals surface area contributed by atoms with Gasteiger partial charge in [0.2, 0.25) is 5.12 Å². The molecule has 5 rings (SSSR count).